The van der Waals surface area contributed by atoms with Crippen LogP contribution in [0.1, 0.15) is 11.3 Å². The predicted molar refractivity (Wildman–Crippen MR) is 111 cm³/mol. The standard InChI is InChI=1S/C22H19N5O4/c1-2-6-16(7-3-1)13-27(19-14-28-15-30-19)22-26-25-21(31-22)18-9-4-10-23-20(18)24-12-17-8-5-11-29-17/h1-11,14H,12-13,15H2,(H,23,24). The second-order valence-electron chi connectivity index (χ2n) is 6.68. The Morgan fingerprint density at radius 3 is 2.74 bits per heavy atom. The quantitative estimate of drug-likeness (QED) is 0.453. The van der Waals surface area contributed by atoms with Crippen molar-refractivity contribution in [2.45, 2.75) is 13.1 Å². The predicted octanol–water partition coefficient (Wildman–Crippen LogP) is 4.15. The molecule has 0 radical (unpaired) electrons. The van der Waals surface area contributed by atoms with E-state index in [0.29, 0.717) is 36.2 Å². The summed E-state index contributed by atoms with van der Waals surface area (Å²) in [7, 11) is 0. The Hall–Kier alpha value is -4.27. The Labute approximate surface area is 177 Å². The maximum absolute atomic E-state index is 6.02. The van der Waals surface area contributed by atoms with Gasteiger partial charge < -0.3 is 23.6 Å². The van der Waals surface area contributed by atoms with Crippen LogP contribution in [0.15, 0.2) is 88.0 Å². The number of ether oxygens (including phenoxy) is 2. The lowest BCUT2D eigenvalue weighted by Crippen LogP contribution is -2.22. The average Bonchev–Trinajstić information content (AvgIpc) is 3.60. The van der Waals surface area contributed by atoms with Gasteiger partial charge in [0.1, 0.15) is 17.8 Å². The van der Waals surface area contributed by atoms with Gasteiger partial charge in [-0.25, -0.2) is 4.98 Å². The number of pyridine rings is 1. The number of furan rings is 1. The average molecular weight is 417 g/mol. The highest BCUT2D eigenvalue weighted by molar-refractivity contribution is 5.69. The molecule has 0 spiro atoms. The van der Waals surface area contributed by atoms with Crippen molar-refractivity contribution >= 4 is 11.8 Å². The Balaban J connectivity index is 1.41. The van der Waals surface area contributed by atoms with Crippen molar-refractivity contribution in [1.82, 2.24) is 15.2 Å². The van der Waals surface area contributed by atoms with Crippen molar-refractivity contribution in [1.29, 1.82) is 0 Å². The number of rotatable bonds is 8. The van der Waals surface area contributed by atoms with E-state index in [9.17, 15) is 0 Å². The maximum atomic E-state index is 6.02. The largest absolute Gasteiger partial charge is 0.467 e. The molecule has 1 aromatic carbocycles. The molecule has 4 aromatic rings. The fourth-order valence-corrected chi connectivity index (χ4v) is 3.12. The zero-order chi connectivity index (χ0) is 20.9. The van der Waals surface area contributed by atoms with E-state index in [4.69, 9.17) is 18.3 Å². The zero-order valence-corrected chi connectivity index (χ0v) is 16.5. The molecule has 0 bridgehead atoms. The van der Waals surface area contributed by atoms with Gasteiger partial charge in [-0.3, -0.25) is 4.90 Å². The Bertz CT molecular complexity index is 1160. The topological polar surface area (TPSA) is 98.7 Å². The van der Waals surface area contributed by atoms with Crippen LogP contribution in [0, 0.1) is 0 Å². The molecule has 1 aliphatic heterocycles. The molecule has 4 heterocycles. The first-order valence-corrected chi connectivity index (χ1v) is 9.68. The molecule has 156 valence electrons. The number of anilines is 2. The highest BCUT2D eigenvalue weighted by Crippen LogP contribution is 2.30. The van der Waals surface area contributed by atoms with E-state index in [-0.39, 0.29) is 12.8 Å². The van der Waals surface area contributed by atoms with Crippen LogP contribution in [-0.2, 0) is 22.6 Å². The van der Waals surface area contributed by atoms with E-state index < -0.39 is 0 Å². The van der Waals surface area contributed by atoms with Crippen LogP contribution in [0.5, 0.6) is 0 Å². The molecular formula is C22H19N5O4. The van der Waals surface area contributed by atoms with Gasteiger partial charge in [0.15, 0.2) is 0 Å². The van der Waals surface area contributed by atoms with E-state index in [1.165, 1.54) is 6.26 Å². The molecule has 9 nitrogen and oxygen atoms in total. The molecular weight excluding hydrogens is 398 g/mol. The number of hydrogen-bond donors (Lipinski definition) is 1. The normalized spacial score (nSPS) is 12.7. The summed E-state index contributed by atoms with van der Waals surface area (Å²) in [6.45, 7) is 1.11. The zero-order valence-electron chi connectivity index (χ0n) is 16.5. The van der Waals surface area contributed by atoms with Gasteiger partial charge >= 0.3 is 6.01 Å². The molecule has 0 amide bonds. The number of nitrogens with one attached hydrogen (secondary N) is 1. The molecule has 5 rings (SSSR count). The Morgan fingerprint density at radius 1 is 1.00 bits per heavy atom. The molecule has 0 aliphatic carbocycles. The highest BCUT2D eigenvalue weighted by atomic mass is 16.7. The summed E-state index contributed by atoms with van der Waals surface area (Å²) in [5.41, 5.74) is 1.74. The first kappa shape index (κ1) is 18.7. The number of benzene rings is 1. The van der Waals surface area contributed by atoms with E-state index >= 15 is 0 Å². The molecule has 3 aromatic heterocycles. The lowest BCUT2D eigenvalue weighted by atomic mass is 10.2. The molecule has 0 saturated carbocycles. The maximum Gasteiger partial charge on any atom is 0.325 e. The minimum Gasteiger partial charge on any atom is -0.467 e. The molecule has 1 aliphatic rings. The molecule has 1 N–H and O–H groups in total. The third-order valence-electron chi connectivity index (χ3n) is 4.60. The molecule has 0 fully saturated rings. The van der Waals surface area contributed by atoms with Gasteiger partial charge in [0.25, 0.3) is 5.89 Å². The van der Waals surface area contributed by atoms with Crippen LogP contribution in [0.25, 0.3) is 11.5 Å². The number of nitrogens with zero attached hydrogens (tertiary/aromatic N) is 4. The molecule has 31 heavy (non-hydrogen) atoms. The van der Waals surface area contributed by atoms with Crippen LogP contribution < -0.4 is 10.2 Å². The van der Waals surface area contributed by atoms with Crippen LogP contribution in [-0.4, -0.2) is 22.0 Å². The first-order valence-electron chi connectivity index (χ1n) is 9.68. The van der Waals surface area contributed by atoms with Gasteiger partial charge in [-0.05, 0) is 29.8 Å². The third-order valence-corrected chi connectivity index (χ3v) is 4.60. The smallest absolute Gasteiger partial charge is 0.325 e. The summed E-state index contributed by atoms with van der Waals surface area (Å²) in [5, 5.41) is 11.7. The summed E-state index contributed by atoms with van der Waals surface area (Å²) < 4.78 is 22.2. The van der Waals surface area contributed by atoms with Gasteiger partial charge in [0.05, 0.1) is 24.9 Å². The van der Waals surface area contributed by atoms with Crippen LogP contribution >= 0.6 is 0 Å². The SMILES string of the molecule is C1=C(N(Cc2ccccc2)c2nnc(-c3cccnc3NCc3ccco3)o2)OCO1. The van der Waals surface area contributed by atoms with E-state index in [2.05, 4.69) is 20.5 Å². The summed E-state index contributed by atoms with van der Waals surface area (Å²) in [6.07, 6.45) is 4.86. The lowest BCUT2D eigenvalue weighted by Gasteiger charge is -2.19. The van der Waals surface area contributed by atoms with E-state index in [0.717, 1.165) is 11.3 Å². The number of aromatic nitrogens is 3. The summed E-state index contributed by atoms with van der Waals surface area (Å²) >= 11 is 0. The Morgan fingerprint density at radius 2 is 1.94 bits per heavy atom. The van der Waals surface area contributed by atoms with Crippen LogP contribution in [0.3, 0.4) is 0 Å². The molecule has 0 saturated heterocycles. The summed E-state index contributed by atoms with van der Waals surface area (Å²) in [5.74, 6) is 2.24. The molecule has 0 unspecified atom stereocenters. The fourth-order valence-electron chi connectivity index (χ4n) is 3.12. The number of hydrogen-bond acceptors (Lipinski definition) is 9. The van der Waals surface area contributed by atoms with Crippen molar-refractivity contribution in [2.75, 3.05) is 17.0 Å². The van der Waals surface area contributed by atoms with Crippen LogP contribution in [0.2, 0.25) is 0 Å². The van der Waals surface area contributed by atoms with Gasteiger partial charge in [-0.2, -0.15) is 0 Å². The Kier molecular flexibility index (Phi) is 5.21. The van der Waals surface area contributed by atoms with E-state index in [1.54, 1.807) is 17.4 Å². The second kappa shape index (κ2) is 8.62. The molecule has 0 atom stereocenters. The highest BCUT2D eigenvalue weighted by Gasteiger charge is 2.24. The van der Waals surface area contributed by atoms with Crippen molar-refractivity contribution in [3.63, 3.8) is 0 Å². The minimum atomic E-state index is 0.144. The van der Waals surface area contributed by atoms with Crippen molar-refractivity contribution in [2.24, 2.45) is 0 Å². The van der Waals surface area contributed by atoms with Crippen LogP contribution in [0.4, 0.5) is 11.8 Å². The van der Waals surface area contributed by atoms with Gasteiger partial charge in [0, 0.05) is 6.20 Å². The van der Waals surface area contributed by atoms with Crippen molar-refractivity contribution in [3.05, 3.63) is 90.5 Å². The molecule has 9 heteroatoms. The third kappa shape index (κ3) is 4.20. The monoisotopic (exact) mass is 417 g/mol. The van der Waals surface area contributed by atoms with Crippen molar-refractivity contribution in [3.8, 4) is 11.5 Å². The van der Waals surface area contributed by atoms with Gasteiger partial charge in [0.2, 0.25) is 12.7 Å². The summed E-state index contributed by atoms with van der Waals surface area (Å²) in [4.78, 5) is 6.17. The second-order valence-corrected chi connectivity index (χ2v) is 6.68. The lowest BCUT2D eigenvalue weighted by molar-refractivity contribution is 0.0776. The first-order chi connectivity index (χ1) is 15.4. The minimum absolute atomic E-state index is 0.144. The van der Waals surface area contributed by atoms with E-state index in [1.807, 2.05) is 54.6 Å². The summed E-state index contributed by atoms with van der Waals surface area (Å²) in [6, 6.07) is 17.6. The van der Waals surface area contributed by atoms with Gasteiger partial charge in [-0.15, -0.1) is 5.10 Å². The fraction of sp³-hybridized carbons (Fsp3) is 0.136. The van der Waals surface area contributed by atoms with Gasteiger partial charge in [-0.1, -0.05) is 35.4 Å². The van der Waals surface area contributed by atoms with Crippen molar-refractivity contribution < 1.29 is 18.3 Å².